The summed E-state index contributed by atoms with van der Waals surface area (Å²) < 4.78 is 0. The SMILES string of the molecule is Cc1cccc(C(N)CC2CCCC2)c1C. The molecule has 1 aromatic carbocycles. The van der Waals surface area contributed by atoms with Crippen molar-refractivity contribution in [3.05, 3.63) is 34.9 Å². The molecule has 1 fully saturated rings. The highest BCUT2D eigenvalue weighted by atomic mass is 14.6. The van der Waals surface area contributed by atoms with Crippen molar-refractivity contribution in [1.82, 2.24) is 0 Å². The van der Waals surface area contributed by atoms with Gasteiger partial charge < -0.3 is 5.73 Å². The molecule has 0 saturated heterocycles. The maximum Gasteiger partial charge on any atom is 0.0300 e. The molecule has 2 rings (SSSR count). The van der Waals surface area contributed by atoms with Gasteiger partial charge in [0, 0.05) is 6.04 Å². The van der Waals surface area contributed by atoms with E-state index in [0.717, 1.165) is 5.92 Å². The van der Waals surface area contributed by atoms with E-state index >= 15 is 0 Å². The van der Waals surface area contributed by atoms with E-state index in [1.165, 1.54) is 48.8 Å². The van der Waals surface area contributed by atoms with Gasteiger partial charge in [-0.25, -0.2) is 0 Å². The van der Waals surface area contributed by atoms with Gasteiger partial charge in [-0.15, -0.1) is 0 Å². The number of hydrogen-bond acceptors (Lipinski definition) is 1. The Hall–Kier alpha value is -0.820. The van der Waals surface area contributed by atoms with Gasteiger partial charge in [0.1, 0.15) is 0 Å². The van der Waals surface area contributed by atoms with E-state index in [1.807, 2.05) is 0 Å². The molecule has 1 aliphatic rings. The van der Waals surface area contributed by atoms with Crippen LogP contribution < -0.4 is 5.73 Å². The summed E-state index contributed by atoms with van der Waals surface area (Å²) in [6.07, 6.45) is 6.76. The fourth-order valence-corrected chi connectivity index (χ4v) is 2.91. The maximum absolute atomic E-state index is 6.34. The summed E-state index contributed by atoms with van der Waals surface area (Å²) in [6, 6.07) is 6.73. The third-order valence-electron chi connectivity index (χ3n) is 4.11. The van der Waals surface area contributed by atoms with Crippen LogP contribution in [-0.2, 0) is 0 Å². The minimum Gasteiger partial charge on any atom is -0.324 e. The molecular weight excluding hydrogens is 194 g/mol. The average Bonchev–Trinajstić information content (AvgIpc) is 2.74. The van der Waals surface area contributed by atoms with Crippen LogP contribution in [0, 0.1) is 19.8 Å². The molecule has 0 aromatic heterocycles. The second kappa shape index (κ2) is 5.01. The van der Waals surface area contributed by atoms with Gasteiger partial charge in [0.2, 0.25) is 0 Å². The predicted octanol–water partition coefficient (Wildman–Crippen LogP) is 3.88. The van der Waals surface area contributed by atoms with Crippen molar-refractivity contribution in [2.75, 3.05) is 0 Å². The molecule has 0 aliphatic heterocycles. The summed E-state index contributed by atoms with van der Waals surface area (Å²) in [6.45, 7) is 4.36. The van der Waals surface area contributed by atoms with E-state index in [0.29, 0.717) is 0 Å². The van der Waals surface area contributed by atoms with E-state index in [-0.39, 0.29) is 6.04 Å². The Balaban J connectivity index is 2.07. The first-order chi connectivity index (χ1) is 7.68. The van der Waals surface area contributed by atoms with Crippen LogP contribution in [0.4, 0.5) is 0 Å². The first-order valence-corrected chi connectivity index (χ1v) is 6.50. The summed E-state index contributed by atoms with van der Waals surface area (Å²) in [5, 5.41) is 0. The van der Waals surface area contributed by atoms with Crippen LogP contribution in [0.2, 0.25) is 0 Å². The lowest BCUT2D eigenvalue weighted by atomic mass is 9.90. The zero-order valence-corrected chi connectivity index (χ0v) is 10.5. The highest BCUT2D eigenvalue weighted by Crippen LogP contribution is 2.33. The topological polar surface area (TPSA) is 26.0 Å². The smallest absolute Gasteiger partial charge is 0.0300 e. The van der Waals surface area contributed by atoms with Gasteiger partial charge in [-0.05, 0) is 42.9 Å². The van der Waals surface area contributed by atoms with Gasteiger partial charge in [0.15, 0.2) is 0 Å². The number of benzene rings is 1. The largest absolute Gasteiger partial charge is 0.324 e. The van der Waals surface area contributed by atoms with Crippen molar-refractivity contribution >= 4 is 0 Å². The maximum atomic E-state index is 6.34. The molecule has 16 heavy (non-hydrogen) atoms. The summed E-state index contributed by atoms with van der Waals surface area (Å²) >= 11 is 0. The van der Waals surface area contributed by atoms with Crippen LogP contribution in [0.1, 0.15) is 54.8 Å². The van der Waals surface area contributed by atoms with Crippen molar-refractivity contribution in [3.63, 3.8) is 0 Å². The van der Waals surface area contributed by atoms with E-state index in [2.05, 4.69) is 32.0 Å². The molecule has 0 spiro atoms. The Bertz CT molecular complexity index is 350. The van der Waals surface area contributed by atoms with Crippen LogP contribution in [0.15, 0.2) is 18.2 Å². The predicted molar refractivity (Wildman–Crippen MR) is 69.4 cm³/mol. The van der Waals surface area contributed by atoms with Crippen molar-refractivity contribution < 1.29 is 0 Å². The van der Waals surface area contributed by atoms with E-state index in [9.17, 15) is 0 Å². The van der Waals surface area contributed by atoms with Crippen molar-refractivity contribution in [1.29, 1.82) is 0 Å². The van der Waals surface area contributed by atoms with Crippen LogP contribution in [0.25, 0.3) is 0 Å². The van der Waals surface area contributed by atoms with Gasteiger partial charge in [0.05, 0.1) is 0 Å². The highest BCUT2D eigenvalue weighted by Gasteiger charge is 2.19. The molecule has 1 aliphatic carbocycles. The van der Waals surface area contributed by atoms with Crippen LogP contribution >= 0.6 is 0 Å². The zero-order valence-electron chi connectivity index (χ0n) is 10.5. The van der Waals surface area contributed by atoms with Gasteiger partial charge >= 0.3 is 0 Å². The summed E-state index contributed by atoms with van der Waals surface area (Å²) in [5.41, 5.74) is 10.4. The molecule has 2 N–H and O–H groups in total. The molecule has 1 saturated carbocycles. The van der Waals surface area contributed by atoms with E-state index in [1.54, 1.807) is 0 Å². The Kier molecular flexibility index (Phi) is 3.65. The summed E-state index contributed by atoms with van der Waals surface area (Å²) in [7, 11) is 0. The molecule has 0 amide bonds. The minimum absolute atomic E-state index is 0.239. The highest BCUT2D eigenvalue weighted by molar-refractivity contribution is 5.35. The Morgan fingerprint density at radius 1 is 1.25 bits per heavy atom. The Morgan fingerprint density at radius 2 is 1.94 bits per heavy atom. The summed E-state index contributed by atoms with van der Waals surface area (Å²) in [5.74, 6) is 0.870. The van der Waals surface area contributed by atoms with Crippen molar-refractivity contribution in [2.45, 2.75) is 52.0 Å². The fourth-order valence-electron chi connectivity index (χ4n) is 2.91. The standard InChI is InChI=1S/C15H23N/c1-11-6-5-9-14(12(11)2)15(16)10-13-7-3-4-8-13/h5-6,9,13,15H,3-4,7-8,10,16H2,1-2H3. The summed E-state index contributed by atoms with van der Waals surface area (Å²) in [4.78, 5) is 0. The lowest BCUT2D eigenvalue weighted by molar-refractivity contribution is 0.450. The number of hydrogen-bond donors (Lipinski definition) is 1. The fraction of sp³-hybridized carbons (Fsp3) is 0.600. The van der Waals surface area contributed by atoms with Crippen LogP contribution in [0.5, 0.6) is 0 Å². The average molecular weight is 217 g/mol. The monoisotopic (exact) mass is 217 g/mol. The van der Waals surface area contributed by atoms with Gasteiger partial charge in [-0.1, -0.05) is 43.9 Å². The van der Waals surface area contributed by atoms with Gasteiger partial charge in [0.25, 0.3) is 0 Å². The first kappa shape index (κ1) is 11.7. The molecule has 0 bridgehead atoms. The number of rotatable bonds is 3. The molecule has 88 valence electrons. The third kappa shape index (κ3) is 2.46. The van der Waals surface area contributed by atoms with Crippen molar-refractivity contribution in [3.8, 4) is 0 Å². The Morgan fingerprint density at radius 3 is 2.62 bits per heavy atom. The zero-order chi connectivity index (χ0) is 11.5. The normalized spacial score (nSPS) is 18.9. The second-order valence-corrected chi connectivity index (χ2v) is 5.28. The molecule has 1 unspecified atom stereocenters. The molecular formula is C15H23N. The van der Waals surface area contributed by atoms with Gasteiger partial charge in [-0.2, -0.15) is 0 Å². The lowest BCUT2D eigenvalue weighted by Gasteiger charge is -2.19. The number of aryl methyl sites for hydroxylation is 1. The first-order valence-electron chi connectivity index (χ1n) is 6.50. The third-order valence-corrected chi connectivity index (χ3v) is 4.11. The van der Waals surface area contributed by atoms with E-state index < -0.39 is 0 Å². The molecule has 1 atom stereocenters. The van der Waals surface area contributed by atoms with Crippen LogP contribution in [-0.4, -0.2) is 0 Å². The molecule has 0 radical (unpaired) electrons. The molecule has 1 aromatic rings. The second-order valence-electron chi connectivity index (χ2n) is 5.28. The molecule has 1 nitrogen and oxygen atoms in total. The van der Waals surface area contributed by atoms with E-state index in [4.69, 9.17) is 5.73 Å². The lowest BCUT2D eigenvalue weighted by Crippen LogP contribution is -2.15. The molecule has 0 heterocycles. The quantitative estimate of drug-likeness (QED) is 0.817. The van der Waals surface area contributed by atoms with Crippen molar-refractivity contribution in [2.24, 2.45) is 11.7 Å². The Labute approximate surface area is 99.0 Å². The minimum atomic E-state index is 0.239. The molecule has 1 heteroatoms. The number of nitrogens with two attached hydrogens (primary N) is 1. The van der Waals surface area contributed by atoms with Crippen LogP contribution in [0.3, 0.4) is 0 Å². The van der Waals surface area contributed by atoms with Gasteiger partial charge in [-0.3, -0.25) is 0 Å².